The number of nitrogens with zero attached hydrogens (tertiary/aromatic N) is 2. The van der Waals surface area contributed by atoms with Gasteiger partial charge in [0, 0.05) is 13.0 Å². The van der Waals surface area contributed by atoms with Gasteiger partial charge in [-0.1, -0.05) is 12.1 Å². The van der Waals surface area contributed by atoms with E-state index in [1.165, 1.54) is 18.5 Å². The molecule has 0 aliphatic heterocycles. The highest BCUT2D eigenvalue weighted by molar-refractivity contribution is 5.78. The molecule has 1 heterocycles. The van der Waals surface area contributed by atoms with E-state index in [-0.39, 0.29) is 18.1 Å². The SMILES string of the molecule is O=C(Cc1ccc(F)cc1)NCCCc1ncn[nH]1. The topological polar surface area (TPSA) is 70.7 Å². The molecule has 0 radical (unpaired) electrons. The summed E-state index contributed by atoms with van der Waals surface area (Å²) in [5.41, 5.74) is 0.800. The lowest BCUT2D eigenvalue weighted by Gasteiger charge is -2.04. The van der Waals surface area contributed by atoms with E-state index in [0.29, 0.717) is 6.54 Å². The van der Waals surface area contributed by atoms with Crippen LogP contribution in [0.25, 0.3) is 0 Å². The number of carbonyl (C=O) groups excluding carboxylic acids is 1. The van der Waals surface area contributed by atoms with Crippen LogP contribution in [-0.4, -0.2) is 27.6 Å². The van der Waals surface area contributed by atoms with Crippen molar-refractivity contribution in [3.05, 3.63) is 47.8 Å². The van der Waals surface area contributed by atoms with Crippen LogP contribution in [0.15, 0.2) is 30.6 Å². The molecule has 1 amide bonds. The van der Waals surface area contributed by atoms with E-state index in [0.717, 1.165) is 24.2 Å². The number of halogens is 1. The van der Waals surface area contributed by atoms with Gasteiger partial charge in [0.2, 0.25) is 5.91 Å². The highest BCUT2D eigenvalue weighted by atomic mass is 19.1. The average Bonchev–Trinajstić information content (AvgIpc) is 2.91. The highest BCUT2D eigenvalue weighted by Crippen LogP contribution is 2.03. The van der Waals surface area contributed by atoms with Crippen LogP contribution in [0.1, 0.15) is 17.8 Å². The second-order valence-electron chi connectivity index (χ2n) is 4.19. The van der Waals surface area contributed by atoms with Crippen LogP contribution in [0.4, 0.5) is 4.39 Å². The van der Waals surface area contributed by atoms with Gasteiger partial charge in [0.25, 0.3) is 0 Å². The fraction of sp³-hybridized carbons (Fsp3) is 0.308. The fourth-order valence-electron chi connectivity index (χ4n) is 1.69. The van der Waals surface area contributed by atoms with Crippen molar-refractivity contribution in [3.8, 4) is 0 Å². The molecule has 0 saturated carbocycles. The van der Waals surface area contributed by atoms with Crippen molar-refractivity contribution in [2.24, 2.45) is 0 Å². The first-order valence-corrected chi connectivity index (χ1v) is 6.09. The minimum absolute atomic E-state index is 0.0656. The fourth-order valence-corrected chi connectivity index (χ4v) is 1.69. The van der Waals surface area contributed by atoms with E-state index in [1.54, 1.807) is 12.1 Å². The Morgan fingerprint density at radius 3 is 2.79 bits per heavy atom. The van der Waals surface area contributed by atoms with Crippen LogP contribution in [0.2, 0.25) is 0 Å². The molecular weight excluding hydrogens is 247 g/mol. The molecule has 2 N–H and O–H groups in total. The Bertz CT molecular complexity index is 510. The maximum Gasteiger partial charge on any atom is 0.224 e. The zero-order valence-corrected chi connectivity index (χ0v) is 10.4. The van der Waals surface area contributed by atoms with Crippen molar-refractivity contribution in [2.75, 3.05) is 6.54 Å². The molecule has 6 heteroatoms. The van der Waals surface area contributed by atoms with Gasteiger partial charge in [-0.15, -0.1) is 0 Å². The summed E-state index contributed by atoms with van der Waals surface area (Å²) in [5.74, 6) is 0.452. The van der Waals surface area contributed by atoms with Gasteiger partial charge >= 0.3 is 0 Å². The predicted molar refractivity (Wildman–Crippen MR) is 67.8 cm³/mol. The Kier molecular flexibility index (Phi) is 4.60. The number of amides is 1. The maximum absolute atomic E-state index is 12.7. The van der Waals surface area contributed by atoms with Crippen LogP contribution in [-0.2, 0) is 17.6 Å². The second-order valence-corrected chi connectivity index (χ2v) is 4.19. The molecule has 100 valence electrons. The van der Waals surface area contributed by atoms with Gasteiger partial charge in [0.1, 0.15) is 18.0 Å². The summed E-state index contributed by atoms with van der Waals surface area (Å²) in [7, 11) is 0. The van der Waals surface area contributed by atoms with E-state index in [9.17, 15) is 9.18 Å². The Morgan fingerprint density at radius 1 is 1.32 bits per heavy atom. The average molecular weight is 262 g/mol. The molecule has 0 saturated heterocycles. The van der Waals surface area contributed by atoms with E-state index in [4.69, 9.17) is 0 Å². The molecule has 0 fully saturated rings. The third kappa shape index (κ3) is 4.50. The molecule has 5 nitrogen and oxygen atoms in total. The molecule has 2 rings (SSSR count). The summed E-state index contributed by atoms with van der Waals surface area (Å²) >= 11 is 0. The van der Waals surface area contributed by atoms with E-state index in [1.807, 2.05) is 0 Å². The standard InChI is InChI=1S/C13H15FN4O/c14-11-5-3-10(4-6-11)8-13(19)15-7-1-2-12-16-9-17-18-12/h3-6,9H,1-2,7-8H2,(H,15,19)(H,16,17,18). The molecule has 2 aromatic rings. The summed E-state index contributed by atoms with van der Waals surface area (Å²) < 4.78 is 12.7. The second kappa shape index (κ2) is 6.63. The third-order valence-corrected chi connectivity index (χ3v) is 2.66. The lowest BCUT2D eigenvalue weighted by atomic mass is 10.1. The quantitative estimate of drug-likeness (QED) is 0.769. The number of hydrogen-bond acceptors (Lipinski definition) is 3. The summed E-state index contributed by atoms with van der Waals surface area (Å²) in [6.07, 6.45) is 3.27. The van der Waals surface area contributed by atoms with Crippen molar-refractivity contribution in [3.63, 3.8) is 0 Å². The number of aryl methyl sites for hydroxylation is 1. The van der Waals surface area contributed by atoms with Crippen molar-refractivity contribution in [1.82, 2.24) is 20.5 Å². The Labute approximate surface area is 110 Å². The number of nitrogens with one attached hydrogen (secondary N) is 2. The van der Waals surface area contributed by atoms with Crippen LogP contribution in [0.5, 0.6) is 0 Å². The van der Waals surface area contributed by atoms with Gasteiger partial charge in [-0.3, -0.25) is 9.89 Å². The Hall–Kier alpha value is -2.24. The summed E-state index contributed by atoms with van der Waals surface area (Å²) in [6.45, 7) is 0.584. The number of benzene rings is 1. The summed E-state index contributed by atoms with van der Waals surface area (Å²) in [5, 5.41) is 9.32. The molecule has 0 atom stereocenters. The molecule has 19 heavy (non-hydrogen) atoms. The third-order valence-electron chi connectivity index (χ3n) is 2.66. The number of rotatable bonds is 6. The van der Waals surface area contributed by atoms with Crippen molar-refractivity contribution in [1.29, 1.82) is 0 Å². The lowest BCUT2D eigenvalue weighted by Crippen LogP contribution is -2.26. The molecule has 0 unspecified atom stereocenters. The van der Waals surface area contributed by atoms with Crippen LogP contribution < -0.4 is 5.32 Å². The van der Waals surface area contributed by atoms with Crippen molar-refractivity contribution < 1.29 is 9.18 Å². The van der Waals surface area contributed by atoms with Gasteiger partial charge < -0.3 is 5.32 Å². The van der Waals surface area contributed by atoms with E-state index in [2.05, 4.69) is 20.5 Å². The molecule has 0 bridgehead atoms. The predicted octanol–water partition coefficient (Wildman–Crippen LogP) is 1.24. The Balaban J connectivity index is 1.65. The summed E-state index contributed by atoms with van der Waals surface area (Å²) in [4.78, 5) is 15.6. The number of H-pyrrole nitrogens is 1. The molecular formula is C13H15FN4O. The maximum atomic E-state index is 12.7. The number of hydrogen-bond donors (Lipinski definition) is 2. The van der Waals surface area contributed by atoms with Gasteiger partial charge in [0.15, 0.2) is 0 Å². The van der Waals surface area contributed by atoms with Gasteiger partial charge in [-0.05, 0) is 24.1 Å². The van der Waals surface area contributed by atoms with Gasteiger partial charge in [-0.2, -0.15) is 5.10 Å². The molecule has 1 aromatic heterocycles. The van der Waals surface area contributed by atoms with Gasteiger partial charge in [-0.25, -0.2) is 9.37 Å². The molecule has 0 aliphatic rings. The Morgan fingerprint density at radius 2 is 2.11 bits per heavy atom. The van der Waals surface area contributed by atoms with Crippen LogP contribution in [0, 0.1) is 5.82 Å². The normalized spacial score (nSPS) is 10.4. The number of aromatic nitrogens is 3. The largest absolute Gasteiger partial charge is 0.356 e. The minimum atomic E-state index is -0.295. The van der Waals surface area contributed by atoms with Crippen molar-refractivity contribution >= 4 is 5.91 Å². The lowest BCUT2D eigenvalue weighted by molar-refractivity contribution is -0.120. The number of carbonyl (C=O) groups is 1. The smallest absolute Gasteiger partial charge is 0.224 e. The first-order valence-electron chi connectivity index (χ1n) is 6.09. The first-order chi connectivity index (χ1) is 9.24. The van der Waals surface area contributed by atoms with Gasteiger partial charge in [0.05, 0.1) is 6.42 Å². The highest BCUT2D eigenvalue weighted by Gasteiger charge is 2.03. The zero-order chi connectivity index (χ0) is 13.5. The van der Waals surface area contributed by atoms with E-state index >= 15 is 0 Å². The minimum Gasteiger partial charge on any atom is -0.356 e. The van der Waals surface area contributed by atoms with Crippen LogP contribution in [0.3, 0.4) is 0 Å². The molecule has 0 aliphatic carbocycles. The summed E-state index contributed by atoms with van der Waals surface area (Å²) in [6, 6.07) is 5.94. The van der Waals surface area contributed by atoms with Crippen LogP contribution >= 0.6 is 0 Å². The van der Waals surface area contributed by atoms with Crippen molar-refractivity contribution in [2.45, 2.75) is 19.3 Å². The van der Waals surface area contributed by atoms with E-state index < -0.39 is 0 Å². The number of aromatic amines is 1. The monoisotopic (exact) mass is 262 g/mol. The molecule has 1 aromatic carbocycles. The molecule has 0 spiro atoms. The zero-order valence-electron chi connectivity index (χ0n) is 10.4. The first kappa shape index (κ1) is 13.2.